The lowest BCUT2D eigenvalue weighted by Gasteiger charge is -2.36. The lowest BCUT2D eigenvalue weighted by Crippen LogP contribution is -2.58. The molecule has 12 heteroatoms. The van der Waals surface area contributed by atoms with Crippen molar-refractivity contribution in [3.05, 3.63) is 41.0 Å². The van der Waals surface area contributed by atoms with E-state index >= 15 is 0 Å². The summed E-state index contributed by atoms with van der Waals surface area (Å²) >= 11 is 1.58. The molecule has 1 unspecified atom stereocenters. The lowest BCUT2D eigenvalue weighted by atomic mass is 9.85. The predicted molar refractivity (Wildman–Crippen MR) is 177 cm³/mol. The highest BCUT2D eigenvalue weighted by molar-refractivity contribution is 7.13. The zero-order valence-corrected chi connectivity index (χ0v) is 28.7. The minimum Gasteiger partial charge on any atom is -0.465 e. The second kappa shape index (κ2) is 15.5. The van der Waals surface area contributed by atoms with Gasteiger partial charge in [-0.2, -0.15) is 0 Å². The van der Waals surface area contributed by atoms with Gasteiger partial charge in [0.2, 0.25) is 17.7 Å². The largest absolute Gasteiger partial charge is 0.465 e. The number of amides is 3. The van der Waals surface area contributed by atoms with Gasteiger partial charge in [0.05, 0.1) is 41.4 Å². The molecule has 1 aromatic carbocycles. The maximum Gasteiger partial charge on any atom is 0.320 e. The normalized spacial score (nSPS) is 20.6. The van der Waals surface area contributed by atoms with Gasteiger partial charge >= 0.3 is 5.97 Å². The van der Waals surface area contributed by atoms with Crippen molar-refractivity contribution < 1.29 is 29.0 Å². The summed E-state index contributed by atoms with van der Waals surface area (Å²) < 4.78 is 5.04. The molecule has 2 aliphatic heterocycles. The molecular formula is C34H49N5O6S. The van der Waals surface area contributed by atoms with Crippen LogP contribution in [-0.4, -0.2) is 94.6 Å². The average Bonchev–Trinajstić information content (AvgIpc) is 3.61. The molecule has 0 bridgehead atoms. The van der Waals surface area contributed by atoms with Gasteiger partial charge in [0.1, 0.15) is 12.1 Å². The van der Waals surface area contributed by atoms with E-state index in [1.165, 1.54) is 4.90 Å². The number of β-amino-alcohol motifs (C(OH)–C–C–N with tert-alkyl or cyclic N) is 1. The van der Waals surface area contributed by atoms with Gasteiger partial charge in [-0.05, 0) is 69.2 Å². The number of esters is 1. The maximum absolute atomic E-state index is 14.0. The van der Waals surface area contributed by atoms with Gasteiger partial charge in [0.25, 0.3) is 0 Å². The van der Waals surface area contributed by atoms with Crippen LogP contribution in [0.4, 0.5) is 0 Å². The summed E-state index contributed by atoms with van der Waals surface area (Å²) in [6.07, 6.45) is 1.11. The highest BCUT2D eigenvalue weighted by Crippen LogP contribution is 2.30. The van der Waals surface area contributed by atoms with Gasteiger partial charge in [-0.1, -0.05) is 45.0 Å². The number of aryl methyl sites for hydroxylation is 1. The van der Waals surface area contributed by atoms with E-state index in [9.17, 15) is 24.3 Å². The third-order valence-corrected chi connectivity index (χ3v) is 9.88. The number of aliphatic hydroxyl groups is 1. The Bertz CT molecular complexity index is 1360. The SMILES string of the molecule is CCOC(=O)CN1CCC(CC(=O)N[C@H](C(=O)N2C[C@H](O)CC2C(=O)N[C@@H](C)c2ccc(-c3scnc3C)cc2)C(C)(C)C)CC1. The number of aliphatic hydroxyl groups excluding tert-OH is 1. The number of carbonyl (C=O) groups excluding carboxylic acids is 4. The Hall–Kier alpha value is -3.35. The van der Waals surface area contributed by atoms with Crippen LogP contribution in [0.2, 0.25) is 0 Å². The second-order valence-corrected chi connectivity index (χ2v) is 14.5. The van der Waals surface area contributed by atoms with Gasteiger partial charge in [0, 0.05) is 19.4 Å². The van der Waals surface area contributed by atoms with E-state index in [0.717, 1.165) is 34.5 Å². The molecule has 11 nitrogen and oxygen atoms in total. The summed E-state index contributed by atoms with van der Waals surface area (Å²) in [5.74, 6) is -1.03. The Morgan fingerprint density at radius 3 is 2.37 bits per heavy atom. The van der Waals surface area contributed by atoms with Crippen molar-refractivity contribution in [1.29, 1.82) is 0 Å². The molecule has 0 aliphatic carbocycles. The van der Waals surface area contributed by atoms with Crippen LogP contribution in [0.5, 0.6) is 0 Å². The van der Waals surface area contributed by atoms with Crippen LogP contribution < -0.4 is 10.6 Å². The van der Waals surface area contributed by atoms with Crippen molar-refractivity contribution in [1.82, 2.24) is 25.4 Å². The number of nitrogens with one attached hydrogen (secondary N) is 2. The lowest BCUT2D eigenvalue weighted by molar-refractivity contribution is -0.145. The minimum absolute atomic E-state index is 0.0234. The van der Waals surface area contributed by atoms with Crippen LogP contribution in [0.1, 0.15) is 77.6 Å². The number of benzene rings is 1. The smallest absolute Gasteiger partial charge is 0.320 e. The average molecular weight is 656 g/mol. The first-order chi connectivity index (χ1) is 21.8. The summed E-state index contributed by atoms with van der Waals surface area (Å²) in [6.45, 7) is 13.3. The molecule has 3 N–H and O–H groups in total. The van der Waals surface area contributed by atoms with Crippen LogP contribution in [0, 0.1) is 18.3 Å². The van der Waals surface area contributed by atoms with Crippen LogP contribution in [0.3, 0.4) is 0 Å². The van der Waals surface area contributed by atoms with Crippen molar-refractivity contribution in [2.75, 3.05) is 32.8 Å². The molecule has 2 aromatic rings. The molecule has 3 amide bonds. The molecule has 3 heterocycles. The van der Waals surface area contributed by atoms with Crippen molar-refractivity contribution in [2.24, 2.45) is 11.3 Å². The Morgan fingerprint density at radius 1 is 1.11 bits per heavy atom. The third kappa shape index (κ3) is 9.13. The summed E-state index contributed by atoms with van der Waals surface area (Å²) in [5, 5.41) is 16.6. The second-order valence-electron chi connectivity index (χ2n) is 13.6. The molecule has 2 aliphatic rings. The fraction of sp³-hybridized carbons (Fsp3) is 0.618. The van der Waals surface area contributed by atoms with Gasteiger partial charge < -0.3 is 25.4 Å². The maximum atomic E-state index is 14.0. The summed E-state index contributed by atoms with van der Waals surface area (Å²) in [7, 11) is 0. The summed E-state index contributed by atoms with van der Waals surface area (Å²) in [6, 6.07) is 5.93. The summed E-state index contributed by atoms with van der Waals surface area (Å²) in [4.78, 5) is 61.4. The highest BCUT2D eigenvalue weighted by Gasteiger charge is 2.44. The minimum atomic E-state index is -0.871. The highest BCUT2D eigenvalue weighted by atomic mass is 32.1. The Balaban J connectivity index is 1.35. The molecule has 4 rings (SSSR count). The molecule has 0 saturated carbocycles. The van der Waals surface area contributed by atoms with Crippen LogP contribution in [0.15, 0.2) is 29.8 Å². The number of ether oxygens (including phenoxy) is 1. The van der Waals surface area contributed by atoms with Crippen molar-refractivity contribution in [3.63, 3.8) is 0 Å². The first-order valence-electron chi connectivity index (χ1n) is 16.2. The van der Waals surface area contributed by atoms with Crippen molar-refractivity contribution in [2.45, 2.75) is 91.5 Å². The molecule has 2 saturated heterocycles. The number of aromatic nitrogens is 1. The Labute approximate surface area is 276 Å². The monoisotopic (exact) mass is 655 g/mol. The quantitative estimate of drug-likeness (QED) is 0.313. The van der Waals surface area contributed by atoms with Crippen LogP contribution in [0.25, 0.3) is 10.4 Å². The third-order valence-electron chi connectivity index (χ3n) is 8.90. The number of rotatable bonds is 11. The van der Waals surface area contributed by atoms with E-state index in [1.807, 2.05) is 69.3 Å². The summed E-state index contributed by atoms with van der Waals surface area (Å²) in [5.41, 5.74) is 4.15. The number of carbonyl (C=O) groups is 4. The standard InChI is InChI=1S/C34H49N5O6S/c1-7-45-29(42)19-38-14-12-23(13-15-38)16-28(41)37-31(34(4,5)6)33(44)39-18-26(40)17-27(39)32(43)36-21(2)24-8-10-25(11-9-24)30-22(3)35-20-46-30/h8-11,20-21,23,26-27,31,40H,7,12-19H2,1-6H3,(H,36,43)(H,37,41)/t21-,26+,27?,31+/m0/s1. The first kappa shape index (κ1) is 35.5. The Kier molecular flexibility index (Phi) is 12.0. The number of hydrogen-bond acceptors (Lipinski definition) is 9. The topological polar surface area (TPSA) is 141 Å². The zero-order valence-electron chi connectivity index (χ0n) is 27.9. The number of thiazole rings is 1. The molecule has 0 spiro atoms. The Morgan fingerprint density at radius 2 is 1.78 bits per heavy atom. The van der Waals surface area contributed by atoms with Gasteiger partial charge in [-0.15, -0.1) is 11.3 Å². The van der Waals surface area contributed by atoms with Gasteiger partial charge in [-0.3, -0.25) is 24.1 Å². The van der Waals surface area contributed by atoms with E-state index in [2.05, 4.69) is 15.6 Å². The van der Waals surface area contributed by atoms with Gasteiger partial charge in [0.15, 0.2) is 0 Å². The molecule has 1 aromatic heterocycles. The van der Waals surface area contributed by atoms with E-state index < -0.39 is 23.6 Å². The molecule has 0 radical (unpaired) electrons. The molecule has 252 valence electrons. The van der Waals surface area contributed by atoms with E-state index in [0.29, 0.717) is 19.7 Å². The molecule has 2 fully saturated rings. The zero-order chi connectivity index (χ0) is 33.6. The van der Waals surface area contributed by atoms with Crippen LogP contribution >= 0.6 is 11.3 Å². The van der Waals surface area contributed by atoms with E-state index in [1.54, 1.807) is 18.3 Å². The number of hydrogen-bond donors (Lipinski definition) is 3. The van der Waals surface area contributed by atoms with E-state index in [4.69, 9.17) is 4.74 Å². The molecule has 4 atom stereocenters. The van der Waals surface area contributed by atoms with Gasteiger partial charge in [-0.25, -0.2) is 4.98 Å². The predicted octanol–water partition coefficient (Wildman–Crippen LogP) is 3.45. The van der Waals surface area contributed by atoms with Crippen molar-refractivity contribution in [3.8, 4) is 10.4 Å². The fourth-order valence-corrected chi connectivity index (χ4v) is 7.05. The fourth-order valence-electron chi connectivity index (χ4n) is 6.24. The number of likely N-dealkylation sites (tertiary alicyclic amines) is 2. The van der Waals surface area contributed by atoms with Crippen molar-refractivity contribution >= 4 is 35.0 Å². The van der Waals surface area contributed by atoms with E-state index in [-0.39, 0.29) is 61.6 Å². The van der Waals surface area contributed by atoms with Crippen LogP contribution in [-0.2, 0) is 23.9 Å². The molecular weight excluding hydrogens is 606 g/mol. The number of nitrogens with zero attached hydrogens (tertiary/aromatic N) is 3. The number of piperidine rings is 1. The molecule has 46 heavy (non-hydrogen) atoms. The first-order valence-corrected chi connectivity index (χ1v) is 17.1.